The van der Waals surface area contributed by atoms with Gasteiger partial charge in [-0.15, -0.1) is 0 Å². The number of rotatable bonds is 4. The Balaban J connectivity index is 1.96. The number of hydrogen-bond donors (Lipinski definition) is 1. The minimum absolute atomic E-state index is 0.0827. The Morgan fingerprint density at radius 1 is 1.56 bits per heavy atom. The van der Waals surface area contributed by atoms with Crippen LogP contribution in [0.2, 0.25) is 0 Å². The van der Waals surface area contributed by atoms with Gasteiger partial charge in [-0.2, -0.15) is 5.26 Å². The Kier molecular flexibility index (Phi) is 3.24. The van der Waals surface area contributed by atoms with Crippen LogP contribution < -0.4 is 5.73 Å². The van der Waals surface area contributed by atoms with Gasteiger partial charge in [0, 0.05) is 17.5 Å². The molecule has 1 saturated carbocycles. The van der Waals surface area contributed by atoms with E-state index in [1.165, 1.54) is 0 Å². The van der Waals surface area contributed by atoms with Crippen LogP contribution in [0.25, 0.3) is 0 Å². The molecule has 2 rings (SSSR count). The quantitative estimate of drug-likeness (QED) is 0.652. The maximum Gasteiger partial charge on any atom is 0.338 e. The van der Waals surface area contributed by atoms with E-state index in [1.807, 2.05) is 6.92 Å². The number of nitriles is 1. The summed E-state index contributed by atoms with van der Waals surface area (Å²) in [6, 6.07) is 7.27. The number of ether oxygens (including phenoxy) is 1. The first-order chi connectivity index (χ1) is 8.56. The van der Waals surface area contributed by atoms with Crippen molar-refractivity contribution in [3.05, 3.63) is 29.3 Å². The SMILES string of the molecule is Cc1ccc(C(=O)OCC2(CC#N)CC2)cc1N. The van der Waals surface area contributed by atoms with E-state index in [1.54, 1.807) is 18.2 Å². The molecule has 2 N–H and O–H groups in total. The van der Waals surface area contributed by atoms with Gasteiger partial charge in [-0.05, 0) is 37.5 Å². The summed E-state index contributed by atoms with van der Waals surface area (Å²) in [6.07, 6.45) is 2.38. The molecule has 0 bridgehead atoms. The van der Waals surface area contributed by atoms with E-state index in [2.05, 4.69) is 6.07 Å². The molecule has 1 aromatic rings. The van der Waals surface area contributed by atoms with E-state index in [9.17, 15) is 4.79 Å². The van der Waals surface area contributed by atoms with Gasteiger partial charge in [-0.3, -0.25) is 0 Å². The molecule has 94 valence electrons. The van der Waals surface area contributed by atoms with Crippen LogP contribution in [0, 0.1) is 23.7 Å². The van der Waals surface area contributed by atoms with Crippen molar-refractivity contribution in [2.45, 2.75) is 26.2 Å². The second-order valence-electron chi connectivity index (χ2n) is 4.98. The number of nitrogens with two attached hydrogens (primary N) is 1. The fraction of sp³-hybridized carbons (Fsp3) is 0.429. The molecule has 0 saturated heterocycles. The molecule has 1 aromatic carbocycles. The van der Waals surface area contributed by atoms with Gasteiger partial charge in [-0.1, -0.05) is 6.07 Å². The molecule has 0 atom stereocenters. The monoisotopic (exact) mass is 244 g/mol. The van der Waals surface area contributed by atoms with Gasteiger partial charge in [0.15, 0.2) is 0 Å². The zero-order valence-electron chi connectivity index (χ0n) is 10.4. The first kappa shape index (κ1) is 12.4. The highest BCUT2D eigenvalue weighted by Gasteiger charge is 2.43. The van der Waals surface area contributed by atoms with Crippen LogP contribution in [0.4, 0.5) is 5.69 Å². The molecule has 0 aliphatic heterocycles. The lowest BCUT2D eigenvalue weighted by Crippen LogP contribution is -2.15. The van der Waals surface area contributed by atoms with Gasteiger partial charge >= 0.3 is 5.97 Å². The number of benzene rings is 1. The van der Waals surface area contributed by atoms with Crippen LogP contribution in [0.15, 0.2) is 18.2 Å². The molecular weight excluding hydrogens is 228 g/mol. The van der Waals surface area contributed by atoms with Crippen LogP contribution in [0.5, 0.6) is 0 Å². The van der Waals surface area contributed by atoms with E-state index in [0.717, 1.165) is 18.4 Å². The molecule has 0 unspecified atom stereocenters. The maximum atomic E-state index is 11.8. The van der Waals surface area contributed by atoms with E-state index >= 15 is 0 Å². The van der Waals surface area contributed by atoms with Crippen molar-refractivity contribution in [2.75, 3.05) is 12.3 Å². The van der Waals surface area contributed by atoms with Gasteiger partial charge < -0.3 is 10.5 Å². The number of carbonyl (C=O) groups is 1. The average Bonchev–Trinajstić information content (AvgIpc) is 3.11. The fourth-order valence-corrected chi connectivity index (χ4v) is 1.79. The minimum Gasteiger partial charge on any atom is -0.461 e. The average molecular weight is 244 g/mol. The van der Waals surface area contributed by atoms with E-state index in [0.29, 0.717) is 24.3 Å². The Hall–Kier alpha value is -2.02. The molecule has 18 heavy (non-hydrogen) atoms. The summed E-state index contributed by atoms with van der Waals surface area (Å²) in [5.41, 5.74) is 7.66. The molecule has 1 fully saturated rings. The van der Waals surface area contributed by atoms with Crippen molar-refractivity contribution >= 4 is 11.7 Å². The molecular formula is C14H16N2O2. The van der Waals surface area contributed by atoms with Gasteiger partial charge in [0.1, 0.15) is 0 Å². The summed E-state index contributed by atoms with van der Waals surface area (Å²) < 4.78 is 5.26. The summed E-state index contributed by atoms with van der Waals surface area (Å²) in [4.78, 5) is 11.8. The number of nitrogens with zero attached hydrogens (tertiary/aromatic N) is 1. The smallest absolute Gasteiger partial charge is 0.338 e. The molecule has 1 aliphatic carbocycles. The molecule has 0 radical (unpaired) electrons. The standard InChI is InChI=1S/C14H16N2O2/c1-10-2-3-11(8-12(10)16)13(17)18-9-14(4-5-14)6-7-15/h2-3,8H,4-6,9,16H2,1H3. The van der Waals surface area contributed by atoms with E-state index in [-0.39, 0.29) is 11.4 Å². The van der Waals surface area contributed by atoms with E-state index < -0.39 is 0 Å². The third kappa shape index (κ3) is 2.62. The first-order valence-corrected chi connectivity index (χ1v) is 5.97. The highest BCUT2D eigenvalue weighted by atomic mass is 16.5. The summed E-state index contributed by atoms with van der Waals surface area (Å²) >= 11 is 0. The topological polar surface area (TPSA) is 76.1 Å². The number of nitrogen functional groups attached to an aromatic ring is 1. The van der Waals surface area contributed by atoms with Gasteiger partial charge in [0.25, 0.3) is 0 Å². The Morgan fingerprint density at radius 2 is 2.28 bits per heavy atom. The summed E-state index contributed by atoms with van der Waals surface area (Å²) in [5, 5.41) is 8.68. The van der Waals surface area contributed by atoms with Crippen molar-refractivity contribution in [2.24, 2.45) is 5.41 Å². The normalized spacial score (nSPS) is 15.8. The second-order valence-corrected chi connectivity index (χ2v) is 4.98. The molecule has 4 heteroatoms. The van der Waals surface area contributed by atoms with Gasteiger partial charge in [-0.25, -0.2) is 4.79 Å². The van der Waals surface area contributed by atoms with Crippen molar-refractivity contribution in [1.29, 1.82) is 5.26 Å². The van der Waals surface area contributed by atoms with Crippen molar-refractivity contribution in [1.82, 2.24) is 0 Å². The Labute approximate surface area is 106 Å². The summed E-state index contributed by atoms with van der Waals surface area (Å²) in [6.45, 7) is 2.21. The maximum absolute atomic E-state index is 11.8. The molecule has 0 heterocycles. The number of hydrogen-bond acceptors (Lipinski definition) is 4. The highest BCUT2D eigenvalue weighted by molar-refractivity contribution is 5.90. The predicted molar refractivity (Wildman–Crippen MR) is 67.8 cm³/mol. The number of carbonyl (C=O) groups excluding carboxylic acids is 1. The zero-order valence-corrected chi connectivity index (χ0v) is 10.4. The van der Waals surface area contributed by atoms with Crippen LogP contribution in [-0.4, -0.2) is 12.6 Å². The van der Waals surface area contributed by atoms with Crippen LogP contribution in [0.1, 0.15) is 35.2 Å². The third-order valence-corrected chi connectivity index (χ3v) is 3.44. The lowest BCUT2D eigenvalue weighted by Gasteiger charge is -2.12. The minimum atomic E-state index is -0.370. The lowest BCUT2D eigenvalue weighted by atomic mass is 10.1. The number of esters is 1. The van der Waals surface area contributed by atoms with Crippen LogP contribution in [0.3, 0.4) is 0 Å². The molecule has 1 aliphatic rings. The Bertz CT molecular complexity index is 513. The highest BCUT2D eigenvalue weighted by Crippen LogP contribution is 2.48. The molecule has 4 nitrogen and oxygen atoms in total. The number of aryl methyl sites for hydroxylation is 1. The Morgan fingerprint density at radius 3 is 2.83 bits per heavy atom. The predicted octanol–water partition coefficient (Wildman–Crippen LogP) is 2.43. The summed E-state index contributed by atoms with van der Waals surface area (Å²) in [7, 11) is 0. The first-order valence-electron chi connectivity index (χ1n) is 5.97. The number of anilines is 1. The zero-order chi connectivity index (χ0) is 13.2. The molecule has 0 aromatic heterocycles. The van der Waals surface area contributed by atoms with Crippen molar-refractivity contribution in [3.8, 4) is 6.07 Å². The molecule has 0 spiro atoms. The fourth-order valence-electron chi connectivity index (χ4n) is 1.79. The third-order valence-electron chi connectivity index (χ3n) is 3.44. The summed E-state index contributed by atoms with van der Waals surface area (Å²) in [5.74, 6) is -0.370. The van der Waals surface area contributed by atoms with Gasteiger partial charge in [0.2, 0.25) is 0 Å². The lowest BCUT2D eigenvalue weighted by molar-refractivity contribution is 0.0419. The largest absolute Gasteiger partial charge is 0.461 e. The van der Waals surface area contributed by atoms with Crippen LogP contribution >= 0.6 is 0 Å². The van der Waals surface area contributed by atoms with Gasteiger partial charge in [0.05, 0.1) is 18.2 Å². The van der Waals surface area contributed by atoms with Crippen molar-refractivity contribution in [3.63, 3.8) is 0 Å². The van der Waals surface area contributed by atoms with E-state index in [4.69, 9.17) is 15.7 Å². The van der Waals surface area contributed by atoms with Crippen molar-refractivity contribution < 1.29 is 9.53 Å². The van der Waals surface area contributed by atoms with Crippen LogP contribution in [-0.2, 0) is 4.74 Å². The second kappa shape index (κ2) is 4.69. The molecule has 0 amide bonds.